The summed E-state index contributed by atoms with van der Waals surface area (Å²) in [6, 6.07) is 12.2. The number of nitrogens with zero attached hydrogens (tertiary/aromatic N) is 8. The summed E-state index contributed by atoms with van der Waals surface area (Å²) in [7, 11) is -1.13. The number of imide groups is 2. The van der Waals surface area contributed by atoms with Crippen LogP contribution in [-0.4, -0.2) is 143 Å². The number of halogens is 4. The Hall–Kier alpha value is -6.71. The molecule has 0 aliphatic carbocycles. The molecule has 4 aliphatic rings. The lowest BCUT2D eigenvalue weighted by atomic mass is 9.95. The normalized spacial score (nSPS) is 18.0. The van der Waals surface area contributed by atoms with E-state index in [1.807, 2.05) is 18.2 Å². The van der Waals surface area contributed by atoms with E-state index in [1.165, 1.54) is 0 Å². The van der Waals surface area contributed by atoms with Crippen LogP contribution in [0.4, 0.5) is 47.7 Å². The number of ether oxygens (including phenoxy) is 1. The van der Waals surface area contributed by atoms with Crippen LogP contribution in [0.5, 0.6) is 5.75 Å². The van der Waals surface area contributed by atoms with E-state index in [-0.39, 0.29) is 12.8 Å². The number of alkyl halides is 3. The highest BCUT2D eigenvalue weighted by Crippen LogP contribution is 2.42. The second-order valence-corrected chi connectivity index (χ2v) is 21.9. The molecule has 3 fully saturated rings. The van der Waals surface area contributed by atoms with Crippen LogP contribution in [0.2, 0.25) is 0 Å². The van der Waals surface area contributed by atoms with Gasteiger partial charge in [0.1, 0.15) is 30.3 Å². The summed E-state index contributed by atoms with van der Waals surface area (Å²) >= 11 is 3.58. The molecule has 374 valence electrons. The fourth-order valence-corrected chi connectivity index (χ4v) is 11.0. The first-order valence-corrected chi connectivity index (χ1v) is 26.0. The van der Waals surface area contributed by atoms with Gasteiger partial charge in [-0.15, -0.1) is 0 Å². The second-order valence-electron chi connectivity index (χ2n) is 17.9. The Balaban J connectivity index is 0.000000900. The van der Waals surface area contributed by atoms with Crippen molar-refractivity contribution in [1.82, 2.24) is 35.1 Å². The Morgan fingerprint density at radius 1 is 0.887 bits per heavy atom. The van der Waals surface area contributed by atoms with Crippen molar-refractivity contribution in [1.29, 1.82) is 0 Å². The highest BCUT2D eigenvalue weighted by Gasteiger charge is 2.45. The smallest absolute Gasteiger partial charge is 0.490 e. The van der Waals surface area contributed by atoms with Crippen molar-refractivity contribution in [2.45, 2.75) is 44.8 Å². The minimum absolute atomic E-state index is 0.0875. The number of carbonyl (C=O) groups is 5. The van der Waals surface area contributed by atoms with Gasteiger partial charge in [0, 0.05) is 88.3 Å². The largest absolute Gasteiger partial charge is 0.494 e. The average Bonchev–Trinajstić information content (AvgIpc) is 3.57. The summed E-state index contributed by atoms with van der Waals surface area (Å²) < 4.78 is 51.8. The van der Waals surface area contributed by atoms with E-state index < -0.39 is 49.0 Å². The van der Waals surface area contributed by atoms with Gasteiger partial charge in [-0.2, -0.15) is 18.2 Å². The predicted molar refractivity (Wildman–Crippen MR) is 263 cm³/mol. The summed E-state index contributed by atoms with van der Waals surface area (Å²) in [6.45, 7) is 11.8. The van der Waals surface area contributed by atoms with Gasteiger partial charge in [-0.25, -0.2) is 9.78 Å². The molecule has 19 nitrogen and oxygen atoms in total. The van der Waals surface area contributed by atoms with Crippen LogP contribution in [0.3, 0.4) is 0 Å². The molecule has 4 amide bonds. The second kappa shape index (κ2) is 20.6. The molecule has 1 atom stereocenters. The molecule has 5 aromatic rings. The maximum absolute atomic E-state index is 13.5. The monoisotopic (exact) mass is 1060 g/mol. The molecule has 0 spiro atoms. The van der Waals surface area contributed by atoms with Gasteiger partial charge in [0.2, 0.25) is 17.8 Å². The maximum atomic E-state index is 13.5. The molecule has 6 heterocycles. The minimum Gasteiger partial charge on any atom is -0.494 e. The maximum Gasteiger partial charge on any atom is 0.490 e. The third-order valence-electron chi connectivity index (χ3n) is 12.8. The molecule has 4 aliphatic heterocycles. The number of fused-ring (bicyclic) bond motifs is 2. The van der Waals surface area contributed by atoms with Crippen LogP contribution in [0.25, 0.3) is 11.0 Å². The lowest BCUT2D eigenvalue weighted by molar-refractivity contribution is -0.192. The Morgan fingerprint density at radius 2 is 1.58 bits per heavy atom. The minimum atomic E-state index is -5.08. The van der Waals surface area contributed by atoms with Crippen molar-refractivity contribution in [3.05, 3.63) is 82.2 Å². The van der Waals surface area contributed by atoms with E-state index in [4.69, 9.17) is 19.6 Å². The molecule has 2 aromatic heterocycles. The van der Waals surface area contributed by atoms with Crippen molar-refractivity contribution >= 4 is 104 Å². The molecular weight excluding hydrogens is 1010 g/mol. The van der Waals surface area contributed by atoms with E-state index in [0.717, 1.165) is 86.2 Å². The number of aromatic nitrogens is 4. The number of rotatable bonds is 11. The van der Waals surface area contributed by atoms with Crippen LogP contribution in [0.15, 0.2) is 65.5 Å². The highest BCUT2D eigenvalue weighted by molar-refractivity contribution is 9.10. The Bertz CT molecular complexity index is 2980. The fraction of sp³-hybridized carbons (Fsp3) is 0.383. The molecule has 71 heavy (non-hydrogen) atoms. The van der Waals surface area contributed by atoms with Gasteiger partial charge in [-0.05, 0) is 103 Å². The number of anilines is 6. The summed E-state index contributed by atoms with van der Waals surface area (Å²) in [5, 5.41) is 16.7. The van der Waals surface area contributed by atoms with Crippen LogP contribution in [0, 0.1) is 12.8 Å². The number of benzene rings is 3. The first-order chi connectivity index (χ1) is 33.7. The number of aryl methyl sites for hydroxylation is 1. The molecule has 3 saturated heterocycles. The molecule has 0 radical (unpaired) electrons. The number of amides is 4. The molecule has 4 N–H and O–H groups in total. The number of carboxylic acids is 1. The van der Waals surface area contributed by atoms with Gasteiger partial charge in [0.05, 0.1) is 44.9 Å². The van der Waals surface area contributed by atoms with Crippen molar-refractivity contribution in [2.24, 2.45) is 5.92 Å². The van der Waals surface area contributed by atoms with Gasteiger partial charge in [0.25, 0.3) is 11.8 Å². The molecule has 9 rings (SSSR count). The van der Waals surface area contributed by atoms with E-state index >= 15 is 0 Å². The number of piperazine rings is 1. The van der Waals surface area contributed by atoms with Crippen molar-refractivity contribution in [2.75, 3.05) is 86.7 Å². The molecular formula is C47H50BrF3N11O8P. The standard InChI is InChI=1S/C45H49BrN11O6P.C2HF3O2/c1-26-21-34(51-45-49-24-31(46)41(53-45)50-33-8-7-32-39(48-14-13-47-32)40(33)64(3,4)62)37(63-2)23-36(26)56-15-11-27(12-16-56)25-54-17-19-55(20-18-54)28-5-6-29-30(22-28)44(61)57(43(29)60)35-9-10-38(58)52-42(35)59;3-2(4,5)1(6)7/h5-8,13-14,21-24,27,35H,9-12,15-20,25H2,1-4H3,(H,52,58,59)(H2,49,50,51,53);(H,6,7). The van der Waals surface area contributed by atoms with Gasteiger partial charge < -0.3 is 34.8 Å². The number of carboxylic acid groups (broad SMARTS) is 1. The lowest BCUT2D eigenvalue weighted by Gasteiger charge is -2.40. The molecule has 3 aromatic carbocycles. The highest BCUT2D eigenvalue weighted by atomic mass is 79.9. The molecule has 24 heteroatoms. The summed E-state index contributed by atoms with van der Waals surface area (Å²) in [5.41, 5.74) is 6.30. The van der Waals surface area contributed by atoms with Crippen molar-refractivity contribution in [3.63, 3.8) is 0 Å². The summed E-state index contributed by atoms with van der Waals surface area (Å²) in [6.07, 6.45) is 2.14. The zero-order valence-electron chi connectivity index (χ0n) is 39.0. The van der Waals surface area contributed by atoms with Crippen molar-refractivity contribution < 1.29 is 51.6 Å². The molecule has 0 bridgehead atoms. The predicted octanol–water partition coefficient (Wildman–Crippen LogP) is 6.31. The first-order valence-electron chi connectivity index (χ1n) is 22.6. The summed E-state index contributed by atoms with van der Waals surface area (Å²) in [5.74, 6) is -2.67. The number of aliphatic carboxylic acids is 1. The number of hydrogen-bond acceptors (Lipinski definition) is 16. The van der Waals surface area contributed by atoms with E-state index in [0.29, 0.717) is 61.1 Å². The lowest BCUT2D eigenvalue weighted by Crippen LogP contribution is -2.54. The quantitative estimate of drug-likeness (QED) is 0.0839. The third kappa shape index (κ3) is 11.1. The zero-order valence-corrected chi connectivity index (χ0v) is 41.5. The van der Waals surface area contributed by atoms with Crippen LogP contribution < -0.4 is 35.8 Å². The Labute approximate surface area is 414 Å². The zero-order chi connectivity index (χ0) is 50.9. The number of methoxy groups -OCH3 is 1. The fourth-order valence-electron chi connectivity index (χ4n) is 9.28. The molecule has 0 saturated carbocycles. The topological polar surface area (TPSA) is 232 Å². The third-order valence-corrected chi connectivity index (χ3v) is 14.9. The van der Waals surface area contributed by atoms with Crippen LogP contribution in [-0.2, 0) is 18.9 Å². The van der Waals surface area contributed by atoms with E-state index in [2.05, 4.69) is 80.6 Å². The van der Waals surface area contributed by atoms with Gasteiger partial charge in [-0.1, -0.05) is 0 Å². The van der Waals surface area contributed by atoms with Crippen molar-refractivity contribution in [3.8, 4) is 5.75 Å². The average molecular weight is 1060 g/mol. The van der Waals surface area contributed by atoms with E-state index in [9.17, 15) is 36.9 Å². The number of hydrogen-bond donors (Lipinski definition) is 4. The van der Waals surface area contributed by atoms with Gasteiger partial charge in [0.15, 0.2) is 0 Å². The Morgan fingerprint density at radius 3 is 2.24 bits per heavy atom. The first kappa shape index (κ1) is 50.7. The van der Waals surface area contributed by atoms with Gasteiger partial charge >= 0.3 is 12.1 Å². The van der Waals surface area contributed by atoms with Gasteiger partial charge in [-0.3, -0.25) is 44.3 Å². The van der Waals surface area contributed by atoms with Crippen LogP contribution >= 0.6 is 23.1 Å². The SMILES string of the molecule is COc1cc(N2CCC(CN3CCN(c4ccc5c(c4)C(=O)N(C4CCC(=O)NC4=O)C5=O)CC3)CC2)c(C)cc1Nc1ncc(Br)c(Nc2ccc3nccnc3c2P(C)(C)=O)n1.O=C(O)C(F)(F)F. The van der Waals surface area contributed by atoms with Crippen LogP contribution in [0.1, 0.15) is 52.0 Å². The number of piperidine rings is 2. The molecule has 1 unspecified atom stereocenters. The summed E-state index contributed by atoms with van der Waals surface area (Å²) in [4.78, 5) is 86.0. The van der Waals surface area contributed by atoms with E-state index in [1.54, 1.807) is 51.2 Å². The Kier molecular flexibility index (Phi) is 14.7. The number of carbonyl (C=O) groups excluding carboxylic acids is 4. The number of nitrogens with one attached hydrogen (secondary N) is 3.